The molecule has 0 radical (unpaired) electrons. The van der Waals surface area contributed by atoms with Gasteiger partial charge in [0.2, 0.25) is 0 Å². The van der Waals surface area contributed by atoms with Crippen LogP contribution in [-0.4, -0.2) is 15.0 Å². The van der Waals surface area contributed by atoms with Crippen molar-refractivity contribution in [3.8, 4) is 0 Å². The molecule has 0 spiro atoms. The SMILES string of the molecule is Cc1ccc(C2(c3ccc4ccccc4c3)COS(=O)(=O)N2)cc1. The third-order valence-corrected chi connectivity index (χ3v) is 5.54. The van der Waals surface area contributed by atoms with Crippen molar-refractivity contribution in [3.63, 3.8) is 0 Å². The summed E-state index contributed by atoms with van der Waals surface area (Å²) < 4.78 is 31.8. The first-order chi connectivity index (χ1) is 11.5. The second kappa shape index (κ2) is 5.41. The molecule has 1 N–H and O–H groups in total. The van der Waals surface area contributed by atoms with E-state index in [-0.39, 0.29) is 6.61 Å². The van der Waals surface area contributed by atoms with Crippen molar-refractivity contribution in [2.24, 2.45) is 0 Å². The third kappa shape index (κ3) is 2.51. The van der Waals surface area contributed by atoms with Gasteiger partial charge in [-0.2, -0.15) is 13.1 Å². The zero-order valence-corrected chi connectivity index (χ0v) is 14.0. The van der Waals surface area contributed by atoms with Crippen LogP contribution in [0.4, 0.5) is 0 Å². The van der Waals surface area contributed by atoms with Gasteiger partial charge in [-0.3, -0.25) is 4.18 Å². The molecule has 24 heavy (non-hydrogen) atoms. The molecule has 1 saturated heterocycles. The van der Waals surface area contributed by atoms with E-state index in [2.05, 4.69) is 4.72 Å². The van der Waals surface area contributed by atoms with E-state index in [9.17, 15) is 8.42 Å². The molecular weight excluding hydrogens is 322 g/mol. The van der Waals surface area contributed by atoms with Crippen LogP contribution < -0.4 is 4.72 Å². The molecule has 5 heteroatoms. The van der Waals surface area contributed by atoms with Gasteiger partial charge in [0.1, 0.15) is 5.54 Å². The van der Waals surface area contributed by atoms with Crippen molar-refractivity contribution in [3.05, 3.63) is 83.4 Å². The van der Waals surface area contributed by atoms with Crippen molar-refractivity contribution in [2.75, 3.05) is 6.61 Å². The quantitative estimate of drug-likeness (QED) is 0.780. The maximum Gasteiger partial charge on any atom is 0.337 e. The van der Waals surface area contributed by atoms with Crippen LogP contribution in [0, 0.1) is 6.92 Å². The summed E-state index contributed by atoms with van der Waals surface area (Å²) in [5, 5.41) is 2.18. The first kappa shape index (κ1) is 15.3. The van der Waals surface area contributed by atoms with Crippen molar-refractivity contribution in [2.45, 2.75) is 12.5 Å². The Morgan fingerprint density at radius 3 is 2.25 bits per heavy atom. The highest BCUT2D eigenvalue weighted by atomic mass is 32.2. The number of hydrogen-bond acceptors (Lipinski definition) is 3. The highest BCUT2D eigenvalue weighted by molar-refractivity contribution is 7.85. The summed E-state index contributed by atoms with van der Waals surface area (Å²) in [5.74, 6) is 0. The van der Waals surface area contributed by atoms with Gasteiger partial charge in [-0.25, -0.2) is 0 Å². The Bertz CT molecular complexity index is 1010. The van der Waals surface area contributed by atoms with E-state index in [4.69, 9.17) is 4.18 Å². The Morgan fingerprint density at radius 2 is 1.58 bits per heavy atom. The minimum atomic E-state index is -3.76. The van der Waals surface area contributed by atoms with E-state index in [1.165, 1.54) is 0 Å². The molecule has 4 rings (SSSR count). The van der Waals surface area contributed by atoms with Crippen LogP contribution in [0.1, 0.15) is 16.7 Å². The molecule has 3 aromatic rings. The van der Waals surface area contributed by atoms with Crippen molar-refractivity contribution >= 4 is 21.1 Å². The monoisotopic (exact) mass is 339 g/mol. The van der Waals surface area contributed by atoms with Crippen LogP contribution in [0.25, 0.3) is 10.8 Å². The average molecular weight is 339 g/mol. The van der Waals surface area contributed by atoms with Gasteiger partial charge in [0, 0.05) is 0 Å². The van der Waals surface area contributed by atoms with E-state index in [0.29, 0.717) is 0 Å². The summed E-state index contributed by atoms with van der Waals surface area (Å²) in [5.41, 5.74) is 1.95. The number of rotatable bonds is 2. The molecule has 1 aliphatic rings. The zero-order valence-electron chi connectivity index (χ0n) is 13.2. The molecule has 0 amide bonds. The number of fused-ring (bicyclic) bond motifs is 1. The van der Waals surface area contributed by atoms with Crippen LogP contribution in [0.2, 0.25) is 0 Å². The maximum absolute atomic E-state index is 12.0. The van der Waals surface area contributed by atoms with E-state index in [0.717, 1.165) is 27.5 Å². The van der Waals surface area contributed by atoms with Crippen molar-refractivity contribution < 1.29 is 12.6 Å². The molecule has 0 aliphatic carbocycles. The number of hydrogen-bond donors (Lipinski definition) is 1. The standard InChI is InChI=1S/C19H17NO3S/c1-14-6-9-17(10-7-14)19(13-23-24(21,22)20-19)18-11-8-15-4-2-3-5-16(15)12-18/h2-12,20H,13H2,1H3. The number of benzene rings is 3. The average Bonchev–Trinajstić information content (AvgIpc) is 2.92. The van der Waals surface area contributed by atoms with Gasteiger partial charge in [0.25, 0.3) is 0 Å². The van der Waals surface area contributed by atoms with Gasteiger partial charge in [0.15, 0.2) is 0 Å². The molecule has 0 aromatic heterocycles. The van der Waals surface area contributed by atoms with Gasteiger partial charge in [-0.15, -0.1) is 0 Å². The van der Waals surface area contributed by atoms with E-state index < -0.39 is 15.8 Å². The van der Waals surface area contributed by atoms with E-state index >= 15 is 0 Å². The minimum Gasteiger partial charge on any atom is -0.255 e. The zero-order chi connectivity index (χ0) is 16.8. The molecule has 0 bridgehead atoms. The Balaban J connectivity index is 1.93. The predicted octanol–water partition coefficient (Wildman–Crippen LogP) is 3.26. The smallest absolute Gasteiger partial charge is 0.255 e. The summed E-state index contributed by atoms with van der Waals surface area (Å²) in [7, 11) is -3.76. The highest BCUT2D eigenvalue weighted by Crippen LogP contribution is 2.36. The van der Waals surface area contributed by atoms with E-state index in [1.54, 1.807) is 0 Å². The summed E-state index contributed by atoms with van der Waals surface area (Å²) in [6, 6.07) is 21.8. The van der Waals surface area contributed by atoms with Crippen molar-refractivity contribution in [1.82, 2.24) is 4.72 Å². The van der Waals surface area contributed by atoms with Gasteiger partial charge < -0.3 is 0 Å². The second-order valence-corrected chi connectivity index (χ2v) is 7.50. The van der Waals surface area contributed by atoms with Gasteiger partial charge in [0.05, 0.1) is 6.61 Å². The molecule has 0 saturated carbocycles. The van der Waals surface area contributed by atoms with Crippen LogP contribution in [-0.2, 0) is 20.0 Å². The largest absolute Gasteiger partial charge is 0.337 e. The second-order valence-electron chi connectivity index (χ2n) is 6.15. The molecule has 4 nitrogen and oxygen atoms in total. The predicted molar refractivity (Wildman–Crippen MR) is 93.9 cm³/mol. The Hall–Kier alpha value is -2.21. The molecule has 1 fully saturated rings. The summed E-state index contributed by atoms with van der Waals surface area (Å²) >= 11 is 0. The number of nitrogens with one attached hydrogen (secondary N) is 1. The minimum absolute atomic E-state index is 0.0384. The fraction of sp³-hybridized carbons (Fsp3) is 0.158. The van der Waals surface area contributed by atoms with Crippen LogP contribution >= 0.6 is 0 Å². The van der Waals surface area contributed by atoms with Crippen LogP contribution in [0.15, 0.2) is 66.7 Å². The third-order valence-electron chi connectivity index (χ3n) is 4.52. The molecule has 1 aliphatic heterocycles. The van der Waals surface area contributed by atoms with Crippen LogP contribution in [0.3, 0.4) is 0 Å². The summed E-state index contributed by atoms with van der Waals surface area (Å²) in [6.07, 6.45) is 0. The molecular formula is C19H17NO3S. The number of aryl methyl sites for hydroxylation is 1. The topological polar surface area (TPSA) is 55.4 Å². The van der Waals surface area contributed by atoms with Gasteiger partial charge in [-0.1, -0.05) is 66.2 Å². The Kier molecular flexibility index (Phi) is 3.46. The molecule has 1 atom stereocenters. The normalized spacial score (nSPS) is 22.7. The first-order valence-electron chi connectivity index (χ1n) is 7.73. The lowest BCUT2D eigenvalue weighted by molar-refractivity contribution is 0.300. The van der Waals surface area contributed by atoms with E-state index in [1.807, 2.05) is 73.7 Å². The maximum atomic E-state index is 12.0. The Morgan fingerprint density at radius 1 is 0.917 bits per heavy atom. The lowest BCUT2D eigenvalue weighted by Gasteiger charge is -2.28. The summed E-state index contributed by atoms with van der Waals surface area (Å²) in [6.45, 7) is 2.04. The lowest BCUT2D eigenvalue weighted by atomic mass is 9.83. The van der Waals surface area contributed by atoms with Gasteiger partial charge >= 0.3 is 10.3 Å². The fourth-order valence-electron chi connectivity index (χ4n) is 3.18. The highest BCUT2D eigenvalue weighted by Gasteiger charge is 2.45. The molecule has 3 aromatic carbocycles. The van der Waals surface area contributed by atoms with Crippen LogP contribution in [0.5, 0.6) is 0 Å². The molecule has 1 unspecified atom stereocenters. The molecule has 1 heterocycles. The lowest BCUT2D eigenvalue weighted by Crippen LogP contribution is -2.41. The fourth-order valence-corrected chi connectivity index (χ4v) is 4.29. The van der Waals surface area contributed by atoms with Crippen molar-refractivity contribution in [1.29, 1.82) is 0 Å². The van der Waals surface area contributed by atoms with Gasteiger partial charge in [-0.05, 0) is 34.9 Å². The first-order valence-corrected chi connectivity index (χ1v) is 9.14. The Labute approximate surface area is 141 Å². The molecule has 122 valence electrons. The summed E-state index contributed by atoms with van der Waals surface area (Å²) in [4.78, 5) is 0.